The standard InChI is InChI=1S/C18H33N3/c1-4-9-20-18(14-19)8-5-6-17(18)7-10-21-12-15(2)11-16(3)13-21/h15-17,20H,4-13H2,1-3H3. The van der Waals surface area contributed by atoms with Gasteiger partial charge in [0.15, 0.2) is 0 Å². The van der Waals surface area contributed by atoms with Gasteiger partial charge in [-0.2, -0.15) is 5.26 Å². The summed E-state index contributed by atoms with van der Waals surface area (Å²) < 4.78 is 0. The van der Waals surface area contributed by atoms with Gasteiger partial charge < -0.3 is 4.90 Å². The quantitative estimate of drug-likeness (QED) is 0.815. The molecule has 1 aliphatic heterocycles. The van der Waals surface area contributed by atoms with Crippen molar-refractivity contribution in [3.05, 3.63) is 0 Å². The average Bonchev–Trinajstić information content (AvgIpc) is 2.85. The number of nitrogens with one attached hydrogen (secondary N) is 1. The summed E-state index contributed by atoms with van der Waals surface area (Å²) in [5.41, 5.74) is -0.233. The molecule has 0 spiro atoms. The highest BCUT2D eigenvalue weighted by molar-refractivity contribution is 5.14. The molecule has 0 aromatic heterocycles. The van der Waals surface area contributed by atoms with E-state index in [-0.39, 0.29) is 5.54 Å². The van der Waals surface area contributed by atoms with Crippen molar-refractivity contribution in [2.45, 2.75) is 64.8 Å². The molecule has 1 saturated heterocycles. The van der Waals surface area contributed by atoms with Crippen LogP contribution in [0.25, 0.3) is 0 Å². The molecule has 4 unspecified atom stereocenters. The topological polar surface area (TPSA) is 39.1 Å². The van der Waals surface area contributed by atoms with Crippen molar-refractivity contribution in [3.8, 4) is 6.07 Å². The number of hydrogen-bond acceptors (Lipinski definition) is 3. The van der Waals surface area contributed by atoms with Crippen molar-refractivity contribution in [2.75, 3.05) is 26.2 Å². The number of nitriles is 1. The number of nitrogens with zero attached hydrogens (tertiary/aromatic N) is 2. The molecule has 3 nitrogen and oxygen atoms in total. The molecular formula is C18H33N3. The van der Waals surface area contributed by atoms with Crippen LogP contribution in [0.3, 0.4) is 0 Å². The summed E-state index contributed by atoms with van der Waals surface area (Å²) in [5.74, 6) is 2.20. The number of hydrogen-bond donors (Lipinski definition) is 1. The van der Waals surface area contributed by atoms with E-state index >= 15 is 0 Å². The van der Waals surface area contributed by atoms with Gasteiger partial charge in [0.25, 0.3) is 0 Å². The molecule has 1 aliphatic carbocycles. The molecule has 2 rings (SSSR count). The van der Waals surface area contributed by atoms with Crippen molar-refractivity contribution in [1.82, 2.24) is 10.2 Å². The maximum absolute atomic E-state index is 9.71. The Morgan fingerprint density at radius 1 is 1.29 bits per heavy atom. The lowest BCUT2D eigenvalue weighted by molar-refractivity contribution is 0.127. The second kappa shape index (κ2) is 7.61. The highest BCUT2D eigenvalue weighted by Gasteiger charge is 2.42. The van der Waals surface area contributed by atoms with Gasteiger partial charge in [0.1, 0.15) is 5.54 Å². The van der Waals surface area contributed by atoms with Gasteiger partial charge in [-0.05, 0) is 62.9 Å². The molecule has 0 aromatic carbocycles. The summed E-state index contributed by atoms with van der Waals surface area (Å²) in [6.07, 6.45) is 7.15. The van der Waals surface area contributed by atoms with Gasteiger partial charge in [-0.15, -0.1) is 0 Å². The smallest absolute Gasteiger partial charge is 0.109 e. The molecular weight excluding hydrogens is 258 g/mol. The maximum Gasteiger partial charge on any atom is 0.109 e. The van der Waals surface area contributed by atoms with Gasteiger partial charge in [-0.25, -0.2) is 0 Å². The summed E-state index contributed by atoms with van der Waals surface area (Å²) in [6.45, 7) is 11.6. The second-order valence-corrected chi connectivity index (χ2v) is 7.59. The first-order valence-electron chi connectivity index (χ1n) is 8.98. The Labute approximate surface area is 131 Å². The molecule has 3 heteroatoms. The Bertz CT molecular complexity index is 352. The lowest BCUT2D eigenvalue weighted by Gasteiger charge is -2.37. The van der Waals surface area contributed by atoms with Crippen molar-refractivity contribution in [1.29, 1.82) is 5.26 Å². The Kier molecular flexibility index (Phi) is 6.08. The first kappa shape index (κ1) is 16.8. The molecule has 1 heterocycles. The molecule has 0 aromatic rings. The second-order valence-electron chi connectivity index (χ2n) is 7.59. The fourth-order valence-corrected chi connectivity index (χ4v) is 4.55. The molecule has 2 fully saturated rings. The van der Waals surface area contributed by atoms with Crippen molar-refractivity contribution in [2.24, 2.45) is 17.8 Å². The van der Waals surface area contributed by atoms with Crippen LogP contribution in [-0.4, -0.2) is 36.6 Å². The van der Waals surface area contributed by atoms with Crippen LogP contribution in [0.1, 0.15) is 59.3 Å². The molecule has 0 bridgehead atoms. The first-order valence-corrected chi connectivity index (χ1v) is 8.98. The Balaban J connectivity index is 1.87. The monoisotopic (exact) mass is 291 g/mol. The molecule has 2 aliphatic rings. The van der Waals surface area contributed by atoms with E-state index in [4.69, 9.17) is 0 Å². The third-order valence-corrected chi connectivity index (χ3v) is 5.45. The van der Waals surface area contributed by atoms with E-state index in [2.05, 4.69) is 37.1 Å². The Morgan fingerprint density at radius 2 is 2.00 bits per heavy atom. The molecule has 0 radical (unpaired) electrons. The maximum atomic E-state index is 9.71. The van der Waals surface area contributed by atoms with E-state index in [1.54, 1.807) is 0 Å². The van der Waals surface area contributed by atoms with Crippen LogP contribution in [0.5, 0.6) is 0 Å². The molecule has 1 N–H and O–H groups in total. The number of likely N-dealkylation sites (tertiary alicyclic amines) is 1. The predicted molar refractivity (Wildman–Crippen MR) is 88.0 cm³/mol. The lowest BCUT2D eigenvalue weighted by Crippen LogP contribution is -2.48. The van der Waals surface area contributed by atoms with Crippen LogP contribution < -0.4 is 5.32 Å². The summed E-state index contributed by atoms with van der Waals surface area (Å²) in [7, 11) is 0. The van der Waals surface area contributed by atoms with E-state index in [0.717, 1.165) is 31.2 Å². The zero-order valence-electron chi connectivity index (χ0n) is 14.2. The van der Waals surface area contributed by atoms with Crippen LogP contribution >= 0.6 is 0 Å². The minimum atomic E-state index is -0.233. The van der Waals surface area contributed by atoms with E-state index in [9.17, 15) is 5.26 Å². The van der Waals surface area contributed by atoms with Gasteiger partial charge in [-0.3, -0.25) is 5.32 Å². The van der Waals surface area contributed by atoms with Crippen LogP contribution in [-0.2, 0) is 0 Å². The van der Waals surface area contributed by atoms with E-state index < -0.39 is 0 Å². The van der Waals surface area contributed by atoms with Crippen LogP contribution in [0, 0.1) is 29.1 Å². The van der Waals surface area contributed by atoms with Crippen molar-refractivity contribution >= 4 is 0 Å². The minimum Gasteiger partial charge on any atom is -0.303 e. The number of rotatable bonds is 6. The Hall–Kier alpha value is -0.590. The SMILES string of the molecule is CCCNC1(C#N)CCCC1CCN1CC(C)CC(C)C1. The first-order chi connectivity index (χ1) is 10.1. The Morgan fingerprint density at radius 3 is 2.62 bits per heavy atom. The van der Waals surface area contributed by atoms with Gasteiger partial charge in [0.05, 0.1) is 6.07 Å². The fraction of sp³-hybridized carbons (Fsp3) is 0.944. The third kappa shape index (κ3) is 4.20. The molecule has 120 valence electrons. The molecule has 0 amide bonds. The summed E-state index contributed by atoms with van der Waals surface area (Å²) in [6, 6.07) is 2.64. The molecule has 1 saturated carbocycles. The van der Waals surface area contributed by atoms with Gasteiger partial charge in [0, 0.05) is 13.1 Å². The highest BCUT2D eigenvalue weighted by atomic mass is 15.1. The largest absolute Gasteiger partial charge is 0.303 e. The lowest BCUT2D eigenvalue weighted by atomic mass is 9.85. The summed E-state index contributed by atoms with van der Waals surface area (Å²) >= 11 is 0. The van der Waals surface area contributed by atoms with Crippen molar-refractivity contribution < 1.29 is 0 Å². The van der Waals surface area contributed by atoms with E-state index in [1.807, 2.05) is 0 Å². The normalized spacial score (nSPS) is 37.5. The van der Waals surface area contributed by atoms with Gasteiger partial charge in [-0.1, -0.05) is 27.2 Å². The van der Waals surface area contributed by atoms with Crippen molar-refractivity contribution in [3.63, 3.8) is 0 Å². The molecule has 4 atom stereocenters. The summed E-state index contributed by atoms with van der Waals surface area (Å²) in [5, 5.41) is 13.3. The number of piperidine rings is 1. The average molecular weight is 291 g/mol. The minimum absolute atomic E-state index is 0.233. The third-order valence-electron chi connectivity index (χ3n) is 5.45. The zero-order chi connectivity index (χ0) is 15.3. The van der Waals surface area contributed by atoms with Crippen LogP contribution in [0.4, 0.5) is 0 Å². The highest BCUT2D eigenvalue weighted by Crippen LogP contribution is 2.38. The van der Waals surface area contributed by atoms with Crippen LogP contribution in [0.2, 0.25) is 0 Å². The van der Waals surface area contributed by atoms with Gasteiger partial charge >= 0.3 is 0 Å². The summed E-state index contributed by atoms with van der Waals surface area (Å²) in [4.78, 5) is 2.64. The zero-order valence-corrected chi connectivity index (χ0v) is 14.2. The predicted octanol–water partition coefficient (Wildman–Crippen LogP) is 3.42. The molecule has 21 heavy (non-hydrogen) atoms. The van der Waals surface area contributed by atoms with E-state index in [0.29, 0.717) is 5.92 Å². The van der Waals surface area contributed by atoms with E-state index in [1.165, 1.54) is 45.3 Å². The fourth-order valence-electron chi connectivity index (χ4n) is 4.55. The van der Waals surface area contributed by atoms with Gasteiger partial charge in [0.2, 0.25) is 0 Å². The van der Waals surface area contributed by atoms with Crippen LogP contribution in [0.15, 0.2) is 0 Å².